The lowest BCUT2D eigenvalue weighted by atomic mass is 10.1. The molecule has 28 heavy (non-hydrogen) atoms. The van der Waals surface area contributed by atoms with Crippen LogP contribution < -0.4 is 14.8 Å². The lowest BCUT2D eigenvalue weighted by molar-refractivity contribution is 0.0945. The highest BCUT2D eigenvalue weighted by molar-refractivity contribution is 6.04. The van der Waals surface area contributed by atoms with Crippen LogP contribution in [0.3, 0.4) is 0 Å². The molecule has 9 heteroatoms. The first kappa shape index (κ1) is 18.6. The lowest BCUT2D eigenvalue weighted by Crippen LogP contribution is -2.28. The number of phenols is 1. The minimum Gasteiger partial charge on any atom is -0.507 e. The van der Waals surface area contributed by atoms with Crippen molar-refractivity contribution in [2.45, 2.75) is 0 Å². The molecule has 0 aliphatic heterocycles. The summed E-state index contributed by atoms with van der Waals surface area (Å²) in [6.07, 6.45) is -1.51. The van der Waals surface area contributed by atoms with E-state index in [0.717, 1.165) is 0 Å². The van der Waals surface area contributed by atoms with E-state index in [1.165, 1.54) is 18.2 Å². The molecule has 9 nitrogen and oxygen atoms in total. The molecule has 0 saturated heterocycles. The fourth-order valence-corrected chi connectivity index (χ4v) is 2.36. The van der Waals surface area contributed by atoms with Gasteiger partial charge in [0.1, 0.15) is 17.2 Å². The van der Waals surface area contributed by atoms with Crippen LogP contribution in [0.1, 0.15) is 10.4 Å². The Morgan fingerprint density at radius 2 is 1.79 bits per heavy atom. The minimum absolute atomic E-state index is 0.169. The molecule has 2 amide bonds. The number of hydrogen-bond donors (Lipinski definition) is 3. The van der Waals surface area contributed by atoms with E-state index in [1.807, 2.05) is 0 Å². The van der Waals surface area contributed by atoms with Gasteiger partial charge in [-0.15, -0.1) is 10.2 Å². The van der Waals surface area contributed by atoms with Crippen molar-refractivity contribution in [1.82, 2.24) is 15.5 Å². The zero-order valence-corrected chi connectivity index (χ0v) is 14.6. The summed E-state index contributed by atoms with van der Waals surface area (Å²) in [6, 6.07) is 14.4. The highest BCUT2D eigenvalue weighted by atomic mass is 16.5. The molecular formula is C19H15N3O6. The van der Waals surface area contributed by atoms with Crippen molar-refractivity contribution in [2.75, 3.05) is 7.11 Å². The van der Waals surface area contributed by atoms with Gasteiger partial charge in [0.2, 0.25) is 5.88 Å². The van der Waals surface area contributed by atoms with Gasteiger partial charge in [0.25, 0.3) is 5.91 Å². The summed E-state index contributed by atoms with van der Waals surface area (Å²) in [4.78, 5) is 22.2. The number of aromatic hydroxyl groups is 1. The van der Waals surface area contributed by atoms with Crippen molar-refractivity contribution in [3.05, 3.63) is 60.2 Å². The lowest BCUT2D eigenvalue weighted by Gasteiger charge is -2.08. The molecule has 0 spiro atoms. The molecule has 142 valence electrons. The number of aromatic nitrogens is 2. The number of nitrogens with one attached hydrogen (secondary N) is 1. The predicted octanol–water partition coefficient (Wildman–Crippen LogP) is 3.06. The number of nitrogens with zero attached hydrogens (tertiary/aromatic N) is 2. The average Bonchev–Trinajstić information content (AvgIpc) is 2.68. The van der Waals surface area contributed by atoms with E-state index in [1.54, 1.807) is 48.8 Å². The second-order valence-electron chi connectivity index (χ2n) is 5.53. The van der Waals surface area contributed by atoms with Gasteiger partial charge < -0.3 is 19.7 Å². The number of imide groups is 1. The first-order valence-electron chi connectivity index (χ1n) is 7.99. The largest absolute Gasteiger partial charge is 0.507 e. The molecule has 0 unspecified atom stereocenters. The van der Waals surface area contributed by atoms with Gasteiger partial charge >= 0.3 is 6.09 Å². The van der Waals surface area contributed by atoms with Gasteiger partial charge in [-0.2, -0.15) is 0 Å². The molecule has 0 radical (unpaired) electrons. The molecule has 1 aromatic heterocycles. The van der Waals surface area contributed by atoms with Crippen LogP contribution in [-0.2, 0) is 0 Å². The van der Waals surface area contributed by atoms with Crippen LogP contribution in [0.15, 0.2) is 54.6 Å². The van der Waals surface area contributed by atoms with Crippen LogP contribution in [0.25, 0.3) is 11.3 Å². The Balaban J connectivity index is 1.76. The summed E-state index contributed by atoms with van der Waals surface area (Å²) in [5.41, 5.74) is 0.750. The standard InChI is InChI=1S/C19H15N3O6/c1-27-12-3-2-4-13(10-12)28-17-8-7-15(21-22-17)11-5-6-14(16(23)9-11)18(24)20-19(25)26/h2-10,23H,1H3,(H,20,24)(H,25,26). The molecule has 0 fully saturated rings. The molecule has 0 atom stereocenters. The van der Waals surface area contributed by atoms with Crippen molar-refractivity contribution in [2.24, 2.45) is 0 Å². The molecule has 0 saturated carbocycles. The van der Waals surface area contributed by atoms with E-state index < -0.39 is 12.0 Å². The number of benzene rings is 2. The number of rotatable bonds is 5. The smallest absolute Gasteiger partial charge is 0.411 e. The fraction of sp³-hybridized carbons (Fsp3) is 0.0526. The van der Waals surface area contributed by atoms with Crippen LogP contribution in [0, 0.1) is 0 Å². The molecule has 0 aliphatic carbocycles. The van der Waals surface area contributed by atoms with Crippen LogP contribution in [-0.4, -0.2) is 39.5 Å². The topological polar surface area (TPSA) is 131 Å². The molecule has 3 aromatic rings. The number of ether oxygens (including phenoxy) is 2. The Morgan fingerprint density at radius 3 is 2.43 bits per heavy atom. The Labute approximate surface area is 159 Å². The third-order valence-electron chi connectivity index (χ3n) is 3.66. The van der Waals surface area contributed by atoms with Crippen LogP contribution in [0.5, 0.6) is 23.1 Å². The van der Waals surface area contributed by atoms with Gasteiger partial charge in [-0.05, 0) is 30.3 Å². The zero-order chi connectivity index (χ0) is 20.1. The second-order valence-corrected chi connectivity index (χ2v) is 5.53. The maximum absolute atomic E-state index is 11.7. The molecule has 3 rings (SSSR count). The Bertz CT molecular complexity index is 1020. The fourth-order valence-electron chi connectivity index (χ4n) is 2.36. The summed E-state index contributed by atoms with van der Waals surface area (Å²) in [5.74, 6) is 0.135. The number of carboxylic acid groups (broad SMARTS) is 1. The summed E-state index contributed by atoms with van der Waals surface area (Å²) >= 11 is 0. The number of amides is 2. The van der Waals surface area contributed by atoms with Gasteiger partial charge in [0.15, 0.2) is 0 Å². The van der Waals surface area contributed by atoms with Crippen LogP contribution >= 0.6 is 0 Å². The molecule has 2 aromatic carbocycles. The molecule has 0 bridgehead atoms. The van der Waals surface area contributed by atoms with Crippen LogP contribution in [0.2, 0.25) is 0 Å². The maximum atomic E-state index is 11.7. The van der Waals surface area contributed by atoms with Crippen molar-refractivity contribution in [3.63, 3.8) is 0 Å². The highest BCUT2D eigenvalue weighted by Crippen LogP contribution is 2.27. The van der Waals surface area contributed by atoms with Gasteiger partial charge in [-0.25, -0.2) is 4.79 Å². The third kappa shape index (κ3) is 4.33. The van der Waals surface area contributed by atoms with Crippen molar-refractivity contribution >= 4 is 12.0 Å². The maximum Gasteiger partial charge on any atom is 0.411 e. The van der Waals surface area contributed by atoms with Gasteiger partial charge in [0, 0.05) is 17.7 Å². The van der Waals surface area contributed by atoms with Crippen molar-refractivity contribution < 1.29 is 29.3 Å². The Morgan fingerprint density at radius 1 is 1.00 bits per heavy atom. The first-order valence-corrected chi connectivity index (χ1v) is 7.99. The number of carbonyl (C=O) groups excluding carboxylic acids is 1. The van der Waals surface area contributed by atoms with E-state index >= 15 is 0 Å². The number of carbonyl (C=O) groups is 2. The normalized spacial score (nSPS) is 10.2. The van der Waals surface area contributed by atoms with Gasteiger partial charge in [0.05, 0.1) is 18.4 Å². The predicted molar refractivity (Wildman–Crippen MR) is 97.7 cm³/mol. The zero-order valence-electron chi connectivity index (χ0n) is 14.6. The number of hydrogen-bond acceptors (Lipinski definition) is 7. The number of methoxy groups -OCH3 is 1. The van der Waals surface area contributed by atoms with Crippen LogP contribution in [0.4, 0.5) is 4.79 Å². The minimum atomic E-state index is -1.51. The van der Waals surface area contributed by atoms with E-state index in [-0.39, 0.29) is 17.2 Å². The summed E-state index contributed by atoms with van der Waals surface area (Å²) in [7, 11) is 1.56. The third-order valence-corrected chi connectivity index (χ3v) is 3.66. The summed E-state index contributed by atoms with van der Waals surface area (Å²) < 4.78 is 10.7. The monoisotopic (exact) mass is 381 g/mol. The van der Waals surface area contributed by atoms with E-state index in [0.29, 0.717) is 22.8 Å². The highest BCUT2D eigenvalue weighted by Gasteiger charge is 2.15. The van der Waals surface area contributed by atoms with E-state index in [4.69, 9.17) is 14.6 Å². The number of phenolic OH excluding ortho intramolecular Hbond substituents is 1. The van der Waals surface area contributed by atoms with Gasteiger partial charge in [-0.1, -0.05) is 12.1 Å². The molecular weight excluding hydrogens is 366 g/mol. The SMILES string of the molecule is COc1cccc(Oc2ccc(-c3ccc(C(=O)NC(=O)O)c(O)c3)nn2)c1. The second kappa shape index (κ2) is 8.04. The molecule has 0 aliphatic rings. The van der Waals surface area contributed by atoms with E-state index in [2.05, 4.69) is 10.2 Å². The summed E-state index contributed by atoms with van der Waals surface area (Å²) in [6.45, 7) is 0. The summed E-state index contributed by atoms with van der Waals surface area (Å²) in [5, 5.41) is 28.3. The van der Waals surface area contributed by atoms with Crippen molar-refractivity contribution in [3.8, 4) is 34.4 Å². The molecule has 3 N–H and O–H groups in total. The Kier molecular flexibility index (Phi) is 5.35. The van der Waals surface area contributed by atoms with Gasteiger partial charge in [-0.3, -0.25) is 10.1 Å². The van der Waals surface area contributed by atoms with Crippen molar-refractivity contribution in [1.29, 1.82) is 0 Å². The quantitative estimate of drug-likeness (QED) is 0.614. The Hall–Kier alpha value is -4.14. The first-order chi connectivity index (χ1) is 13.5. The average molecular weight is 381 g/mol. The van der Waals surface area contributed by atoms with E-state index in [9.17, 15) is 14.7 Å². The molecule has 1 heterocycles.